The van der Waals surface area contributed by atoms with Crippen LogP contribution in [0.25, 0.3) is 0 Å². The van der Waals surface area contributed by atoms with Crippen molar-refractivity contribution >= 4 is 45.3 Å². The van der Waals surface area contributed by atoms with Crippen LogP contribution in [0.1, 0.15) is 29.3 Å². The van der Waals surface area contributed by atoms with Gasteiger partial charge in [-0.05, 0) is 65.6 Å². The Kier molecular flexibility index (Phi) is 3.93. The van der Waals surface area contributed by atoms with Crippen molar-refractivity contribution in [1.29, 1.82) is 0 Å². The van der Waals surface area contributed by atoms with E-state index in [0.29, 0.717) is 6.04 Å². The molecule has 6 heteroatoms. The standard InChI is InChI=1S/C14H13IN2O2S/c15-14-8-11-12(2-1-3-13(11)20-14)16-9-4-6-10(7-5-9)17(18)19/h4-8,12,16H,1-3H2. The predicted octanol–water partition coefficient (Wildman–Crippen LogP) is 4.75. The van der Waals surface area contributed by atoms with E-state index in [0.717, 1.165) is 12.1 Å². The second-order valence-electron chi connectivity index (χ2n) is 4.82. The zero-order valence-electron chi connectivity index (χ0n) is 10.6. The van der Waals surface area contributed by atoms with Crippen molar-refractivity contribution in [2.45, 2.75) is 25.3 Å². The highest BCUT2D eigenvalue weighted by Gasteiger charge is 2.22. The summed E-state index contributed by atoms with van der Waals surface area (Å²) in [4.78, 5) is 11.8. The van der Waals surface area contributed by atoms with Crippen LogP contribution in [-0.4, -0.2) is 4.92 Å². The molecule has 4 nitrogen and oxygen atoms in total. The van der Waals surface area contributed by atoms with Gasteiger partial charge in [-0.2, -0.15) is 0 Å². The predicted molar refractivity (Wildman–Crippen MR) is 89.4 cm³/mol. The minimum absolute atomic E-state index is 0.130. The fourth-order valence-corrected chi connectivity index (χ4v) is 4.67. The Balaban J connectivity index is 1.80. The van der Waals surface area contributed by atoms with Crippen LogP contribution in [0.15, 0.2) is 30.3 Å². The number of nitro benzene ring substituents is 1. The van der Waals surface area contributed by atoms with E-state index in [2.05, 4.69) is 34.0 Å². The molecule has 0 amide bonds. The van der Waals surface area contributed by atoms with Crippen LogP contribution < -0.4 is 5.32 Å². The number of rotatable bonds is 3. The Hall–Kier alpha value is -1.15. The Morgan fingerprint density at radius 3 is 2.80 bits per heavy atom. The molecule has 1 aromatic carbocycles. The summed E-state index contributed by atoms with van der Waals surface area (Å²) in [7, 11) is 0. The van der Waals surface area contributed by atoms with E-state index in [4.69, 9.17) is 0 Å². The zero-order valence-corrected chi connectivity index (χ0v) is 13.6. The summed E-state index contributed by atoms with van der Waals surface area (Å²) < 4.78 is 1.32. The van der Waals surface area contributed by atoms with Gasteiger partial charge in [0.25, 0.3) is 5.69 Å². The second kappa shape index (κ2) is 5.69. The van der Waals surface area contributed by atoms with E-state index in [9.17, 15) is 10.1 Å². The SMILES string of the molecule is O=[N+]([O-])c1ccc(NC2CCCc3sc(I)cc32)cc1. The van der Waals surface area contributed by atoms with Gasteiger partial charge in [0.05, 0.1) is 13.8 Å². The fraction of sp³-hybridized carbons (Fsp3) is 0.286. The molecule has 1 heterocycles. The minimum Gasteiger partial charge on any atom is -0.378 e. The molecule has 1 aliphatic carbocycles. The lowest BCUT2D eigenvalue weighted by Gasteiger charge is -2.24. The highest BCUT2D eigenvalue weighted by Crippen LogP contribution is 2.38. The quantitative estimate of drug-likeness (QED) is 0.460. The Bertz CT molecular complexity index is 639. The topological polar surface area (TPSA) is 55.2 Å². The summed E-state index contributed by atoms with van der Waals surface area (Å²) in [6, 6.07) is 9.23. The smallest absolute Gasteiger partial charge is 0.269 e. The molecule has 1 unspecified atom stereocenters. The molecule has 20 heavy (non-hydrogen) atoms. The number of aryl methyl sites for hydroxylation is 1. The highest BCUT2D eigenvalue weighted by molar-refractivity contribution is 14.1. The molecule has 1 aliphatic rings. The number of halogens is 1. The summed E-state index contributed by atoms with van der Waals surface area (Å²) in [5.74, 6) is 0. The van der Waals surface area contributed by atoms with Gasteiger partial charge < -0.3 is 5.32 Å². The number of fused-ring (bicyclic) bond motifs is 1. The van der Waals surface area contributed by atoms with Crippen molar-refractivity contribution < 1.29 is 4.92 Å². The molecule has 1 atom stereocenters. The van der Waals surface area contributed by atoms with Crippen molar-refractivity contribution in [2.24, 2.45) is 0 Å². The number of hydrogen-bond donors (Lipinski definition) is 1. The Morgan fingerprint density at radius 2 is 2.10 bits per heavy atom. The largest absolute Gasteiger partial charge is 0.378 e. The van der Waals surface area contributed by atoms with Gasteiger partial charge in [0.1, 0.15) is 0 Å². The molecule has 0 fully saturated rings. The fourth-order valence-electron chi connectivity index (χ4n) is 2.55. The zero-order chi connectivity index (χ0) is 14.1. The molecule has 3 rings (SSSR count). The van der Waals surface area contributed by atoms with Gasteiger partial charge >= 0.3 is 0 Å². The number of nitrogens with one attached hydrogen (secondary N) is 1. The molecule has 0 bridgehead atoms. The first-order valence-electron chi connectivity index (χ1n) is 6.42. The van der Waals surface area contributed by atoms with Crippen LogP contribution in [0.2, 0.25) is 0 Å². The van der Waals surface area contributed by atoms with Crippen molar-refractivity contribution in [3.63, 3.8) is 0 Å². The first kappa shape index (κ1) is 13.8. The molecular weight excluding hydrogens is 387 g/mol. The van der Waals surface area contributed by atoms with E-state index in [1.165, 1.54) is 26.2 Å². The minimum atomic E-state index is -0.371. The van der Waals surface area contributed by atoms with Gasteiger partial charge in [-0.15, -0.1) is 11.3 Å². The average molecular weight is 400 g/mol. The lowest BCUT2D eigenvalue weighted by molar-refractivity contribution is -0.384. The van der Waals surface area contributed by atoms with Crippen LogP contribution in [0.5, 0.6) is 0 Å². The van der Waals surface area contributed by atoms with Crippen molar-refractivity contribution in [1.82, 2.24) is 0 Å². The van der Waals surface area contributed by atoms with Gasteiger partial charge in [0.15, 0.2) is 0 Å². The summed E-state index contributed by atoms with van der Waals surface area (Å²) in [5, 5.41) is 14.2. The van der Waals surface area contributed by atoms with E-state index in [1.54, 1.807) is 24.3 Å². The maximum Gasteiger partial charge on any atom is 0.269 e. The van der Waals surface area contributed by atoms with Crippen molar-refractivity contribution in [3.8, 4) is 0 Å². The molecule has 1 N–H and O–H groups in total. The molecule has 1 aromatic heterocycles. The van der Waals surface area contributed by atoms with E-state index < -0.39 is 0 Å². The van der Waals surface area contributed by atoms with Gasteiger partial charge in [-0.25, -0.2) is 0 Å². The summed E-state index contributed by atoms with van der Waals surface area (Å²) in [5.41, 5.74) is 2.46. The number of thiophene rings is 1. The Labute approximate surface area is 134 Å². The number of benzene rings is 1. The van der Waals surface area contributed by atoms with E-state index >= 15 is 0 Å². The number of non-ortho nitro benzene ring substituents is 1. The third kappa shape index (κ3) is 2.80. The first-order chi connectivity index (χ1) is 9.63. The second-order valence-corrected chi connectivity index (χ2v) is 7.85. The van der Waals surface area contributed by atoms with Crippen LogP contribution in [0.3, 0.4) is 0 Å². The van der Waals surface area contributed by atoms with E-state index in [1.807, 2.05) is 11.3 Å². The van der Waals surface area contributed by atoms with Gasteiger partial charge in [-0.3, -0.25) is 10.1 Å². The van der Waals surface area contributed by atoms with E-state index in [-0.39, 0.29) is 10.6 Å². The third-order valence-corrected chi connectivity index (χ3v) is 5.47. The van der Waals surface area contributed by atoms with Gasteiger partial charge in [0, 0.05) is 22.7 Å². The van der Waals surface area contributed by atoms with Crippen LogP contribution in [0, 0.1) is 13.0 Å². The monoisotopic (exact) mass is 400 g/mol. The molecule has 0 saturated heterocycles. The number of hydrogen-bond acceptors (Lipinski definition) is 4. The average Bonchev–Trinajstić information content (AvgIpc) is 2.81. The molecule has 0 saturated carbocycles. The Morgan fingerprint density at radius 1 is 1.35 bits per heavy atom. The summed E-state index contributed by atoms with van der Waals surface area (Å²) in [6.45, 7) is 0. The normalized spacial score (nSPS) is 17.6. The third-order valence-electron chi connectivity index (χ3n) is 3.50. The van der Waals surface area contributed by atoms with Crippen LogP contribution in [-0.2, 0) is 6.42 Å². The lowest BCUT2D eigenvalue weighted by atomic mass is 9.94. The van der Waals surface area contributed by atoms with Gasteiger partial charge in [-0.1, -0.05) is 0 Å². The number of anilines is 1. The molecule has 104 valence electrons. The summed E-state index contributed by atoms with van der Waals surface area (Å²) in [6.07, 6.45) is 3.46. The first-order valence-corrected chi connectivity index (χ1v) is 8.32. The molecule has 0 radical (unpaired) electrons. The molecule has 2 aromatic rings. The maximum absolute atomic E-state index is 10.7. The van der Waals surface area contributed by atoms with Crippen LogP contribution in [0.4, 0.5) is 11.4 Å². The van der Waals surface area contributed by atoms with Crippen LogP contribution >= 0.6 is 33.9 Å². The van der Waals surface area contributed by atoms with Crippen molar-refractivity contribution in [2.75, 3.05) is 5.32 Å². The molecule has 0 aliphatic heterocycles. The number of nitrogens with zero attached hydrogens (tertiary/aromatic N) is 1. The van der Waals surface area contributed by atoms with Gasteiger partial charge in [0.2, 0.25) is 0 Å². The summed E-state index contributed by atoms with van der Waals surface area (Å²) >= 11 is 4.24. The highest BCUT2D eigenvalue weighted by atomic mass is 127. The van der Waals surface area contributed by atoms with Crippen molar-refractivity contribution in [3.05, 3.63) is 53.8 Å². The molecular formula is C14H13IN2O2S. The molecule has 0 spiro atoms. The number of nitro groups is 1. The lowest BCUT2D eigenvalue weighted by Crippen LogP contribution is -2.15. The maximum atomic E-state index is 10.7.